The van der Waals surface area contributed by atoms with Crippen molar-refractivity contribution in [1.82, 2.24) is 10.6 Å². The van der Waals surface area contributed by atoms with Gasteiger partial charge in [-0.05, 0) is 42.0 Å². The van der Waals surface area contributed by atoms with E-state index < -0.39 is 11.8 Å². The number of carbonyl (C=O) groups excluding carboxylic acids is 3. The molecule has 7 nitrogen and oxygen atoms in total. The highest BCUT2D eigenvalue weighted by atomic mass is 35.5. The number of benzene rings is 2. The second-order valence-corrected chi connectivity index (χ2v) is 7.81. The zero-order valence-electron chi connectivity index (χ0n) is 16.2. The number of methoxy groups -OCH3 is 1. The van der Waals surface area contributed by atoms with Crippen LogP contribution in [0, 0.1) is 0 Å². The summed E-state index contributed by atoms with van der Waals surface area (Å²) >= 11 is 7.31. The number of carbonyl (C=O) groups is 3. The fourth-order valence-electron chi connectivity index (χ4n) is 2.74. The molecule has 30 heavy (non-hydrogen) atoms. The van der Waals surface area contributed by atoms with Crippen LogP contribution in [0.1, 0.15) is 5.56 Å². The van der Waals surface area contributed by atoms with Gasteiger partial charge in [-0.2, -0.15) is 0 Å². The topological polar surface area (TPSA) is 96.5 Å². The molecule has 2 aromatic carbocycles. The first kappa shape index (κ1) is 21.9. The van der Waals surface area contributed by atoms with Crippen LogP contribution in [-0.2, 0) is 19.1 Å². The molecular weight excluding hydrogens is 426 g/mol. The van der Waals surface area contributed by atoms with Gasteiger partial charge in [0, 0.05) is 29.3 Å². The summed E-state index contributed by atoms with van der Waals surface area (Å²) in [6.07, 6.45) is 0. The lowest BCUT2D eigenvalue weighted by Gasteiger charge is -2.09. The molecule has 3 N–H and O–H groups in total. The van der Waals surface area contributed by atoms with Crippen LogP contribution in [-0.4, -0.2) is 43.7 Å². The van der Waals surface area contributed by atoms with Crippen molar-refractivity contribution in [2.24, 2.45) is 0 Å². The van der Waals surface area contributed by atoms with Crippen molar-refractivity contribution in [2.75, 3.05) is 31.3 Å². The van der Waals surface area contributed by atoms with Crippen LogP contribution in [0.5, 0.6) is 0 Å². The molecule has 0 bridgehead atoms. The second-order valence-electron chi connectivity index (χ2n) is 6.32. The van der Waals surface area contributed by atoms with Crippen molar-refractivity contribution < 1.29 is 19.1 Å². The molecule has 0 aliphatic carbocycles. The normalized spacial score (nSPS) is 13.4. The van der Waals surface area contributed by atoms with E-state index in [4.69, 9.17) is 16.3 Å². The van der Waals surface area contributed by atoms with Gasteiger partial charge in [-0.1, -0.05) is 23.7 Å². The van der Waals surface area contributed by atoms with Gasteiger partial charge in [-0.15, -0.1) is 11.8 Å². The monoisotopic (exact) mass is 445 g/mol. The van der Waals surface area contributed by atoms with Gasteiger partial charge < -0.3 is 15.4 Å². The second kappa shape index (κ2) is 10.3. The molecule has 3 amide bonds. The highest BCUT2D eigenvalue weighted by Crippen LogP contribution is 2.27. The molecule has 0 fully saturated rings. The zero-order chi connectivity index (χ0) is 21.5. The van der Waals surface area contributed by atoms with E-state index in [0.29, 0.717) is 35.2 Å². The Kier molecular flexibility index (Phi) is 7.51. The van der Waals surface area contributed by atoms with Crippen molar-refractivity contribution in [2.45, 2.75) is 4.90 Å². The molecule has 9 heteroatoms. The number of rotatable bonds is 9. The number of nitrogens with one attached hydrogen (secondary N) is 3. The fraction of sp³-hybridized carbons (Fsp3) is 0.190. The Morgan fingerprint density at radius 1 is 1.07 bits per heavy atom. The molecule has 0 spiro atoms. The maximum absolute atomic E-state index is 12.3. The number of ether oxygens (including phenoxy) is 1. The molecule has 2 aromatic rings. The third-order valence-corrected chi connectivity index (χ3v) is 5.45. The molecule has 1 heterocycles. The molecule has 0 aromatic heterocycles. The number of thioether (sulfide) groups is 1. The highest BCUT2D eigenvalue weighted by molar-refractivity contribution is 8.00. The average molecular weight is 446 g/mol. The summed E-state index contributed by atoms with van der Waals surface area (Å²) < 4.78 is 4.89. The number of hydrogen-bond acceptors (Lipinski definition) is 6. The summed E-state index contributed by atoms with van der Waals surface area (Å²) in [5.41, 5.74) is 1.69. The van der Waals surface area contributed by atoms with Gasteiger partial charge in [-0.25, -0.2) is 0 Å². The van der Waals surface area contributed by atoms with Gasteiger partial charge >= 0.3 is 0 Å². The van der Waals surface area contributed by atoms with E-state index in [2.05, 4.69) is 16.0 Å². The minimum absolute atomic E-state index is 0.0712. The average Bonchev–Trinajstić information content (AvgIpc) is 3.01. The Morgan fingerprint density at radius 3 is 2.43 bits per heavy atom. The van der Waals surface area contributed by atoms with Crippen LogP contribution in [0.4, 0.5) is 5.69 Å². The lowest BCUT2D eigenvalue weighted by molar-refractivity contribution is -0.123. The number of amides is 3. The predicted molar refractivity (Wildman–Crippen MR) is 117 cm³/mol. The molecule has 0 atom stereocenters. The first-order chi connectivity index (χ1) is 14.5. The van der Waals surface area contributed by atoms with E-state index in [1.54, 1.807) is 43.5 Å². The quantitative estimate of drug-likeness (QED) is 0.312. The number of anilines is 1. The molecular formula is C21H20ClN3O4S. The largest absolute Gasteiger partial charge is 0.383 e. The Morgan fingerprint density at radius 2 is 1.77 bits per heavy atom. The summed E-state index contributed by atoms with van der Waals surface area (Å²) in [6.45, 7) is 0.950. The van der Waals surface area contributed by atoms with Crippen LogP contribution >= 0.6 is 23.4 Å². The first-order valence-corrected chi connectivity index (χ1v) is 10.5. The van der Waals surface area contributed by atoms with E-state index in [1.807, 2.05) is 12.1 Å². The van der Waals surface area contributed by atoms with Crippen molar-refractivity contribution in [1.29, 1.82) is 0 Å². The molecule has 0 saturated carbocycles. The van der Waals surface area contributed by atoms with E-state index in [0.717, 1.165) is 4.90 Å². The van der Waals surface area contributed by atoms with Gasteiger partial charge in [0.15, 0.2) is 0 Å². The van der Waals surface area contributed by atoms with Crippen LogP contribution in [0.25, 0.3) is 5.57 Å². The third kappa shape index (κ3) is 5.63. The number of halogens is 1. The molecule has 0 saturated heterocycles. The van der Waals surface area contributed by atoms with Gasteiger partial charge in [0.1, 0.15) is 5.70 Å². The van der Waals surface area contributed by atoms with Crippen LogP contribution < -0.4 is 16.0 Å². The fourth-order valence-corrected chi connectivity index (χ4v) is 3.59. The Balaban J connectivity index is 1.67. The Bertz CT molecular complexity index is 975. The lowest BCUT2D eigenvalue weighted by atomic mass is 10.0. The maximum atomic E-state index is 12.3. The SMILES string of the molecule is COCCNC(=O)CSc1ccc(NC2=C(c3ccc(Cl)cc3)C(=O)NC2=O)cc1. The molecule has 3 rings (SSSR count). The maximum Gasteiger partial charge on any atom is 0.275 e. The lowest BCUT2D eigenvalue weighted by Crippen LogP contribution is -2.28. The highest BCUT2D eigenvalue weighted by Gasteiger charge is 2.31. The van der Waals surface area contributed by atoms with Crippen LogP contribution in [0.2, 0.25) is 5.02 Å². The van der Waals surface area contributed by atoms with E-state index >= 15 is 0 Å². The van der Waals surface area contributed by atoms with Gasteiger partial charge in [0.2, 0.25) is 5.91 Å². The third-order valence-electron chi connectivity index (χ3n) is 4.19. The molecule has 0 radical (unpaired) electrons. The van der Waals surface area contributed by atoms with Crippen LogP contribution in [0.15, 0.2) is 59.1 Å². The first-order valence-electron chi connectivity index (χ1n) is 9.09. The van der Waals surface area contributed by atoms with E-state index in [9.17, 15) is 14.4 Å². The van der Waals surface area contributed by atoms with E-state index in [1.165, 1.54) is 11.8 Å². The summed E-state index contributed by atoms with van der Waals surface area (Å²) in [5.74, 6) is -0.732. The molecule has 0 unspecified atom stereocenters. The summed E-state index contributed by atoms with van der Waals surface area (Å²) in [6, 6.07) is 14.0. The zero-order valence-corrected chi connectivity index (χ0v) is 17.7. The summed E-state index contributed by atoms with van der Waals surface area (Å²) in [7, 11) is 1.58. The Hall–Kier alpha value is -2.81. The Labute approximate surface area is 183 Å². The van der Waals surface area contributed by atoms with Crippen molar-refractivity contribution in [3.8, 4) is 0 Å². The van der Waals surface area contributed by atoms with Crippen molar-refractivity contribution in [3.05, 3.63) is 64.8 Å². The number of hydrogen-bond donors (Lipinski definition) is 3. The summed E-state index contributed by atoms with van der Waals surface area (Å²) in [5, 5.41) is 8.63. The standard InChI is InChI=1S/C21H20ClN3O4S/c1-29-11-10-23-17(26)12-30-16-8-6-15(7-9-16)24-19-18(20(27)25-21(19)28)13-2-4-14(22)5-3-13/h2-9H,10-12H2,1H3,(H,23,26)(H2,24,25,27,28). The van der Waals surface area contributed by atoms with Crippen LogP contribution in [0.3, 0.4) is 0 Å². The van der Waals surface area contributed by atoms with E-state index in [-0.39, 0.29) is 17.2 Å². The molecule has 156 valence electrons. The molecule has 1 aliphatic heterocycles. The minimum atomic E-state index is -0.490. The van der Waals surface area contributed by atoms with Crippen molar-refractivity contribution in [3.63, 3.8) is 0 Å². The van der Waals surface area contributed by atoms with Gasteiger partial charge in [0.25, 0.3) is 11.8 Å². The molecule has 1 aliphatic rings. The van der Waals surface area contributed by atoms with Gasteiger partial charge in [0.05, 0.1) is 17.9 Å². The smallest absolute Gasteiger partial charge is 0.275 e. The van der Waals surface area contributed by atoms with Gasteiger partial charge in [-0.3, -0.25) is 19.7 Å². The summed E-state index contributed by atoms with van der Waals surface area (Å²) in [4.78, 5) is 37.2. The van der Waals surface area contributed by atoms with Crippen molar-refractivity contribution >= 4 is 52.3 Å². The predicted octanol–water partition coefficient (Wildman–Crippen LogP) is 2.67. The minimum Gasteiger partial charge on any atom is -0.383 e. The number of imide groups is 1.